The van der Waals surface area contributed by atoms with E-state index in [9.17, 15) is 9.59 Å². The molecule has 0 aromatic heterocycles. The van der Waals surface area contributed by atoms with Gasteiger partial charge in [0.2, 0.25) is 0 Å². The van der Waals surface area contributed by atoms with Crippen molar-refractivity contribution < 1.29 is 28.5 Å². The fraction of sp³-hybridized carbons (Fsp3) is 0.235. The van der Waals surface area contributed by atoms with Crippen LogP contribution in [0.15, 0.2) is 97.1 Å². The van der Waals surface area contributed by atoms with E-state index < -0.39 is 11.9 Å². The standard InChI is InChI=1S/C34H34O6/c1-3-5-23-37-29-15-19-31(20-16-29)39-33(35)27-11-7-25(8-12-27)26-9-13-28(14-10-26)34(36)40-32-21-17-30(18-22-32)38-24-6-4-2/h7-22H,3-6,23-24H2,1-2H3. The normalized spacial score (nSPS) is 10.6. The molecule has 0 saturated heterocycles. The van der Waals surface area contributed by atoms with Gasteiger partial charge >= 0.3 is 11.9 Å². The highest BCUT2D eigenvalue weighted by Crippen LogP contribution is 2.24. The Balaban J connectivity index is 1.30. The van der Waals surface area contributed by atoms with Gasteiger partial charge in [0.1, 0.15) is 23.0 Å². The third kappa shape index (κ3) is 8.21. The van der Waals surface area contributed by atoms with E-state index in [2.05, 4.69) is 13.8 Å². The molecule has 0 heterocycles. The van der Waals surface area contributed by atoms with E-state index in [0.717, 1.165) is 48.3 Å². The molecule has 0 aliphatic carbocycles. The van der Waals surface area contributed by atoms with Crippen molar-refractivity contribution in [1.82, 2.24) is 0 Å². The summed E-state index contributed by atoms with van der Waals surface area (Å²) in [5, 5.41) is 0. The zero-order valence-corrected chi connectivity index (χ0v) is 22.9. The minimum absolute atomic E-state index is 0.439. The van der Waals surface area contributed by atoms with Crippen molar-refractivity contribution in [2.45, 2.75) is 39.5 Å². The Bertz CT molecular complexity index is 1250. The Morgan fingerprint density at radius 1 is 0.475 bits per heavy atom. The van der Waals surface area contributed by atoms with Crippen molar-refractivity contribution in [3.05, 3.63) is 108 Å². The zero-order chi connectivity index (χ0) is 28.2. The van der Waals surface area contributed by atoms with Gasteiger partial charge in [-0.05, 0) is 96.8 Å². The molecule has 4 aromatic carbocycles. The lowest BCUT2D eigenvalue weighted by atomic mass is 10.0. The van der Waals surface area contributed by atoms with Gasteiger partial charge in [0.15, 0.2) is 0 Å². The van der Waals surface area contributed by atoms with Crippen LogP contribution in [0.4, 0.5) is 0 Å². The molecule has 4 aromatic rings. The minimum Gasteiger partial charge on any atom is -0.494 e. The van der Waals surface area contributed by atoms with Crippen LogP contribution < -0.4 is 18.9 Å². The topological polar surface area (TPSA) is 71.1 Å². The molecule has 0 unspecified atom stereocenters. The van der Waals surface area contributed by atoms with Gasteiger partial charge < -0.3 is 18.9 Å². The van der Waals surface area contributed by atoms with Crippen molar-refractivity contribution in [3.63, 3.8) is 0 Å². The molecule has 0 aliphatic rings. The number of benzene rings is 4. The Kier molecular flexibility index (Phi) is 10.3. The first kappa shape index (κ1) is 28.4. The monoisotopic (exact) mass is 538 g/mol. The molecule has 0 aliphatic heterocycles. The number of esters is 2. The summed E-state index contributed by atoms with van der Waals surface area (Å²) in [5.41, 5.74) is 2.69. The van der Waals surface area contributed by atoms with Crippen LogP contribution in [0, 0.1) is 0 Å². The maximum atomic E-state index is 12.6. The highest BCUT2D eigenvalue weighted by molar-refractivity contribution is 5.93. The van der Waals surface area contributed by atoms with Gasteiger partial charge in [-0.25, -0.2) is 9.59 Å². The summed E-state index contributed by atoms with van der Waals surface area (Å²) in [4.78, 5) is 25.2. The maximum absolute atomic E-state index is 12.6. The minimum atomic E-state index is -0.440. The molecule has 206 valence electrons. The highest BCUT2D eigenvalue weighted by atomic mass is 16.5. The van der Waals surface area contributed by atoms with Gasteiger partial charge in [-0.3, -0.25) is 0 Å². The van der Waals surface area contributed by atoms with Crippen molar-refractivity contribution in [2.75, 3.05) is 13.2 Å². The van der Waals surface area contributed by atoms with Crippen molar-refractivity contribution in [2.24, 2.45) is 0 Å². The number of hydrogen-bond donors (Lipinski definition) is 0. The largest absolute Gasteiger partial charge is 0.494 e. The average Bonchev–Trinajstić information content (AvgIpc) is 2.99. The number of carbonyl (C=O) groups is 2. The second-order valence-electron chi connectivity index (χ2n) is 9.28. The molecular formula is C34H34O6. The first-order chi connectivity index (χ1) is 19.6. The number of ether oxygens (including phenoxy) is 4. The van der Waals surface area contributed by atoms with Crippen LogP contribution in [0.3, 0.4) is 0 Å². The van der Waals surface area contributed by atoms with Crippen LogP contribution in [0.5, 0.6) is 23.0 Å². The van der Waals surface area contributed by atoms with Gasteiger partial charge in [-0.2, -0.15) is 0 Å². The Morgan fingerprint density at radius 2 is 0.800 bits per heavy atom. The number of rotatable bonds is 13. The van der Waals surface area contributed by atoms with E-state index in [1.807, 2.05) is 24.3 Å². The average molecular weight is 539 g/mol. The molecule has 0 bridgehead atoms. The van der Waals surface area contributed by atoms with E-state index >= 15 is 0 Å². The van der Waals surface area contributed by atoms with Gasteiger partial charge in [0, 0.05) is 0 Å². The molecule has 0 saturated carbocycles. The molecular weight excluding hydrogens is 504 g/mol. The molecule has 4 rings (SSSR count). The molecule has 40 heavy (non-hydrogen) atoms. The second-order valence-corrected chi connectivity index (χ2v) is 9.28. The molecule has 0 amide bonds. The SMILES string of the molecule is CCCCOc1ccc(OC(=O)c2ccc(-c3ccc(C(=O)Oc4ccc(OCCCC)cc4)cc3)cc2)cc1. The molecule has 0 atom stereocenters. The van der Waals surface area contributed by atoms with Crippen molar-refractivity contribution >= 4 is 11.9 Å². The van der Waals surface area contributed by atoms with Crippen LogP contribution in [0.1, 0.15) is 60.2 Å². The summed E-state index contributed by atoms with van der Waals surface area (Å²) in [5.74, 6) is 1.53. The van der Waals surface area contributed by atoms with Gasteiger partial charge in [0.25, 0.3) is 0 Å². The first-order valence-corrected chi connectivity index (χ1v) is 13.7. The zero-order valence-electron chi connectivity index (χ0n) is 22.9. The summed E-state index contributed by atoms with van der Waals surface area (Å²) >= 11 is 0. The lowest BCUT2D eigenvalue weighted by Crippen LogP contribution is -2.08. The molecule has 6 heteroatoms. The van der Waals surface area contributed by atoms with Crippen LogP contribution in [0.2, 0.25) is 0 Å². The number of hydrogen-bond acceptors (Lipinski definition) is 6. The predicted molar refractivity (Wildman–Crippen MR) is 155 cm³/mol. The lowest BCUT2D eigenvalue weighted by Gasteiger charge is -2.09. The van der Waals surface area contributed by atoms with Gasteiger partial charge in [-0.15, -0.1) is 0 Å². The summed E-state index contributed by atoms with van der Waals surface area (Å²) in [6.45, 7) is 5.55. The molecule has 6 nitrogen and oxygen atoms in total. The van der Waals surface area contributed by atoms with Crippen LogP contribution >= 0.6 is 0 Å². The van der Waals surface area contributed by atoms with E-state index in [0.29, 0.717) is 35.8 Å². The molecule has 0 spiro atoms. The molecule has 0 fully saturated rings. The highest BCUT2D eigenvalue weighted by Gasteiger charge is 2.12. The Morgan fingerprint density at radius 3 is 1.12 bits per heavy atom. The van der Waals surface area contributed by atoms with Crippen molar-refractivity contribution in [1.29, 1.82) is 0 Å². The Hall–Kier alpha value is -4.58. The predicted octanol–water partition coefficient (Wildman–Crippen LogP) is 8.15. The van der Waals surface area contributed by atoms with Crippen LogP contribution in [-0.2, 0) is 0 Å². The van der Waals surface area contributed by atoms with Gasteiger partial charge in [0.05, 0.1) is 24.3 Å². The lowest BCUT2D eigenvalue weighted by molar-refractivity contribution is 0.0725. The summed E-state index contributed by atoms with van der Waals surface area (Å²) in [6.07, 6.45) is 4.13. The summed E-state index contributed by atoms with van der Waals surface area (Å²) in [6, 6.07) is 28.3. The third-order valence-corrected chi connectivity index (χ3v) is 6.18. The van der Waals surface area contributed by atoms with Crippen molar-refractivity contribution in [3.8, 4) is 34.1 Å². The summed E-state index contributed by atoms with van der Waals surface area (Å²) < 4.78 is 22.3. The maximum Gasteiger partial charge on any atom is 0.343 e. The number of unbranched alkanes of at least 4 members (excludes halogenated alkanes) is 2. The second kappa shape index (κ2) is 14.5. The smallest absolute Gasteiger partial charge is 0.343 e. The molecule has 0 radical (unpaired) electrons. The van der Waals surface area contributed by atoms with E-state index in [1.165, 1.54) is 0 Å². The number of carbonyl (C=O) groups excluding carboxylic acids is 2. The van der Waals surface area contributed by atoms with Crippen LogP contribution in [-0.4, -0.2) is 25.2 Å². The quantitative estimate of drug-likeness (QED) is 0.0972. The Labute approximate surface area is 235 Å². The summed E-state index contributed by atoms with van der Waals surface area (Å²) in [7, 11) is 0. The first-order valence-electron chi connectivity index (χ1n) is 13.7. The third-order valence-electron chi connectivity index (χ3n) is 6.18. The molecule has 0 N–H and O–H groups in total. The van der Waals surface area contributed by atoms with E-state index in [-0.39, 0.29) is 0 Å². The fourth-order valence-corrected chi connectivity index (χ4v) is 3.81. The van der Waals surface area contributed by atoms with E-state index in [1.54, 1.807) is 72.8 Å². The van der Waals surface area contributed by atoms with Gasteiger partial charge in [-0.1, -0.05) is 51.0 Å². The van der Waals surface area contributed by atoms with Crippen LogP contribution in [0.25, 0.3) is 11.1 Å². The fourth-order valence-electron chi connectivity index (χ4n) is 3.81. The van der Waals surface area contributed by atoms with E-state index in [4.69, 9.17) is 18.9 Å².